The molecule has 28 heavy (non-hydrogen) atoms. The van der Waals surface area contributed by atoms with E-state index in [0.717, 1.165) is 17.2 Å². The van der Waals surface area contributed by atoms with E-state index in [2.05, 4.69) is 5.32 Å². The summed E-state index contributed by atoms with van der Waals surface area (Å²) in [6.07, 6.45) is -1.05. The first-order valence-corrected chi connectivity index (χ1v) is 8.69. The Morgan fingerprint density at radius 3 is 2.39 bits per heavy atom. The number of nitrogens with one attached hydrogen (secondary N) is 1. The van der Waals surface area contributed by atoms with Gasteiger partial charge in [-0.25, -0.2) is 4.79 Å². The zero-order chi connectivity index (χ0) is 20.8. The highest BCUT2D eigenvalue weighted by Gasteiger charge is 2.23. The number of amides is 1. The number of nitrogens with zero attached hydrogens (tertiary/aromatic N) is 2. The van der Waals surface area contributed by atoms with Crippen molar-refractivity contribution in [2.45, 2.75) is 26.5 Å². The quantitative estimate of drug-likeness (QED) is 0.447. The first-order chi connectivity index (χ1) is 13.2. The lowest BCUT2D eigenvalue weighted by atomic mass is 10.1. The highest BCUT2D eigenvalue weighted by atomic mass is 16.6. The van der Waals surface area contributed by atoms with Crippen LogP contribution in [0.15, 0.2) is 42.5 Å². The van der Waals surface area contributed by atoms with Crippen LogP contribution in [0.5, 0.6) is 0 Å². The Morgan fingerprint density at radius 2 is 1.82 bits per heavy atom. The van der Waals surface area contributed by atoms with Gasteiger partial charge in [-0.05, 0) is 25.5 Å². The van der Waals surface area contributed by atoms with Crippen LogP contribution >= 0.6 is 0 Å². The summed E-state index contributed by atoms with van der Waals surface area (Å²) >= 11 is 0. The molecule has 2 aromatic rings. The molecule has 1 amide bonds. The number of carbonyl (C=O) groups is 2. The summed E-state index contributed by atoms with van der Waals surface area (Å²) in [5.41, 5.74) is 2.30. The van der Waals surface area contributed by atoms with Crippen LogP contribution in [-0.4, -0.2) is 37.0 Å². The summed E-state index contributed by atoms with van der Waals surface area (Å²) in [7, 11) is 3.41. The molecule has 0 aromatic heterocycles. The molecule has 0 unspecified atom stereocenters. The third kappa shape index (κ3) is 5.29. The van der Waals surface area contributed by atoms with Crippen molar-refractivity contribution in [2.75, 3.05) is 19.0 Å². The number of nitro benzene ring substituents is 1. The fourth-order valence-electron chi connectivity index (χ4n) is 2.51. The fourth-order valence-corrected chi connectivity index (χ4v) is 2.51. The van der Waals surface area contributed by atoms with Crippen LogP contribution in [0.2, 0.25) is 0 Å². The van der Waals surface area contributed by atoms with E-state index < -0.39 is 22.9 Å². The van der Waals surface area contributed by atoms with Crippen molar-refractivity contribution in [3.8, 4) is 0 Å². The Kier molecular flexibility index (Phi) is 6.70. The van der Waals surface area contributed by atoms with Crippen LogP contribution in [0.1, 0.15) is 28.4 Å². The van der Waals surface area contributed by atoms with Gasteiger partial charge in [-0.2, -0.15) is 0 Å². The van der Waals surface area contributed by atoms with Gasteiger partial charge in [0.05, 0.1) is 16.2 Å². The molecule has 0 bridgehead atoms. The minimum Gasteiger partial charge on any atom is -0.449 e. The van der Waals surface area contributed by atoms with Crippen LogP contribution in [0.4, 0.5) is 11.4 Å². The van der Waals surface area contributed by atoms with E-state index in [0.29, 0.717) is 12.2 Å². The number of anilines is 1. The van der Waals surface area contributed by atoms with Gasteiger partial charge in [0, 0.05) is 32.8 Å². The van der Waals surface area contributed by atoms with Gasteiger partial charge in [-0.1, -0.05) is 29.8 Å². The fraction of sp³-hybridized carbons (Fsp3) is 0.300. The lowest BCUT2D eigenvalue weighted by molar-refractivity contribution is -0.384. The van der Waals surface area contributed by atoms with E-state index in [1.165, 1.54) is 19.1 Å². The number of ether oxygens (including phenoxy) is 1. The first kappa shape index (κ1) is 20.9. The standard InChI is InChI=1S/C20H23N3O5/c1-13-5-7-15(8-6-13)12-21-19(24)14(2)28-20(25)17-11-16(23(26)27)9-10-18(17)22(3)4/h5-11,14H,12H2,1-4H3,(H,21,24)/t14-/m1/s1. The van der Waals surface area contributed by atoms with Gasteiger partial charge >= 0.3 is 5.97 Å². The molecular weight excluding hydrogens is 362 g/mol. The van der Waals surface area contributed by atoms with Crippen LogP contribution in [0.3, 0.4) is 0 Å². The molecule has 2 aromatic carbocycles. The van der Waals surface area contributed by atoms with Crippen LogP contribution in [0.25, 0.3) is 0 Å². The first-order valence-electron chi connectivity index (χ1n) is 8.69. The Bertz CT molecular complexity index is 878. The molecule has 0 heterocycles. The average Bonchev–Trinajstić information content (AvgIpc) is 2.66. The van der Waals surface area contributed by atoms with E-state index in [9.17, 15) is 19.7 Å². The normalized spacial score (nSPS) is 11.4. The molecule has 0 fully saturated rings. The number of esters is 1. The van der Waals surface area contributed by atoms with E-state index in [1.807, 2.05) is 31.2 Å². The maximum absolute atomic E-state index is 12.5. The van der Waals surface area contributed by atoms with Gasteiger partial charge in [-0.15, -0.1) is 0 Å². The average molecular weight is 385 g/mol. The molecule has 0 saturated heterocycles. The molecule has 1 N–H and O–H groups in total. The van der Waals surface area contributed by atoms with E-state index in [4.69, 9.17) is 4.74 Å². The van der Waals surface area contributed by atoms with Crippen molar-refractivity contribution in [1.29, 1.82) is 0 Å². The number of aryl methyl sites for hydroxylation is 1. The lowest BCUT2D eigenvalue weighted by Gasteiger charge is -2.18. The Labute approximate surface area is 163 Å². The van der Waals surface area contributed by atoms with Crippen LogP contribution in [0, 0.1) is 17.0 Å². The monoisotopic (exact) mass is 385 g/mol. The van der Waals surface area contributed by atoms with Crippen LogP contribution < -0.4 is 10.2 Å². The van der Waals surface area contributed by atoms with E-state index in [-0.39, 0.29) is 11.3 Å². The van der Waals surface area contributed by atoms with Crippen molar-refractivity contribution in [3.63, 3.8) is 0 Å². The van der Waals surface area contributed by atoms with E-state index >= 15 is 0 Å². The molecule has 0 radical (unpaired) electrons. The maximum Gasteiger partial charge on any atom is 0.341 e. The molecule has 0 aliphatic heterocycles. The highest BCUT2D eigenvalue weighted by Crippen LogP contribution is 2.25. The summed E-state index contributed by atoms with van der Waals surface area (Å²) in [5.74, 6) is -1.25. The third-order valence-electron chi connectivity index (χ3n) is 4.13. The van der Waals surface area contributed by atoms with Gasteiger partial charge in [0.1, 0.15) is 0 Å². The van der Waals surface area contributed by atoms with Crippen molar-refractivity contribution in [2.24, 2.45) is 0 Å². The second-order valence-corrected chi connectivity index (χ2v) is 6.60. The van der Waals surface area contributed by atoms with Gasteiger partial charge in [0.25, 0.3) is 11.6 Å². The minimum atomic E-state index is -1.05. The van der Waals surface area contributed by atoms with Gasteiger partial charge < -0.3 is 15.0 Å². The van der Waals surface area contributed by atoms with Crippen molar-refractivity contribution >= 4 is 23.3 Å². The number of carbonyl (C=O) groups excluding carboxylic acids is 2. The summed E-state index contributed by atoms with van der Waals surface area (Å²) in [6, 6.07) is 11.6. The van der Waals surface area contributed by atoms with Crippen molar-refractivity contribution in [1.82, 2.24) is 5.32 Å². The molecule has 0 spiro atoms. The largest absolute Gasteiger partial charge is 0.449 e. The second kappa shape index (κ2) is 8.98. The topological polar surface area (TPSA) is 102 Å². The summed E-state index contributed by atoms with van der Waals surface area (Å²) in [5, 5.41) is 13.7. The summed E-state index contributed by atoms with van der Waals surface area (Å²) in [4.78, 5) is 36.8. The molecule has 8 heteroatoms. The summed E-state index contributed by atoms with van der Waals surface area (Å²) in [6.45, 7) is 3.73. The van der Waals surface area contributed by atoms with Crippen molar-refractivity contribution in [3.05, 3.63) is 69.3 Å². The SMILES string of the molecule is Cc1ccc(CNC(=O)[C@@H](C)OC(=O)c2cc([N+](=O)[O-])ccc2N(C)C)cc1. The zero-order valence-corrected chi connectivity index (χ0v) is 16.3. The molecule has 2 rings (SSSR count). The number of nitro groups is 1. The Hall–Kier alpha value is -3.42. The smallest absolute Gasteiger partial charge is 0.341 e. The molecule has 0 aliphatic rings. The zero-order valence-electron chi connectivity index (χ0n) is 16.3. The molecule has 0 saturated carbocycles. The number of hydrogen-bond acceptors (Lipinski definition) is 6. The Balaban J connectivity index is 2.06. The molecule has 1 atom stereocenters. The number of hydrogen-bond donors (Lipinski definition) is 1. The van der Waals surface area contributed by atoms with Gasteiger partial charge in [0.15, 0.2) is 6.10 Å². The molecule has 148 valence electrons. The minimum absolute atomic E-state index is 0.0254. The number of rotatable bonds is 7. The number of non-ortho nitro benzene ring substituents is 1. The van der Waals surface area contributed by atoms with Crippen LogP contribution in [-0.2, 0) is 16.1 Å². The predicted molar refractivity (Wildman–Crippen MR) is 105 cm³/mol. The second-order valence-electron chi connectivity index (χ2n) is 6.60. The number of benzene rings is 2. The third-order valence-corrected chi connectivity index (χ3v) is 4.13. The predicted octanol–water partition coefficient (Wildman–Crippen LogP) is 2.83. The lowest BCUT2D eigenvalue weighted by Crippen LogP contribution is -2.35. The molecular formula is C20H23N3O5. The molecule has 8 nitrogen and oxygen atoms in total. The Morgan fingerprint density at radius 1 is 1.18 bits per heavy atom. The van der Waals surface area contributed by atoms with Gasteiger partial charge in [0.2, 0.25) is 0 Å². The summed E-state index contributed by atoms with van der Waals surface area (Å²) < 4.78 is 5.23. The molecule has 0 aliphatic carbocycles. The highest BCUT2D eigenvalue weighted by molar-refractivity contribution is 5.98. The van der Waals surface area contributed by atoms with E-state index in [1.54, 1.807) is 19.0 Å². The van der Waals surface area contributed by atoms with Crippen molar-refractivity contribution < 1.29 is 19.2 Å². The van der Waals surface area contributed by atoms with Gasteiger partial charge in [-0.3, -0.25) is 14.9 Å². The maximum atomic E-state index is 12.5.